The van der Waals surface area contributed by atoms with Gasteiger partial charge < -0.3 is 5.32 Å². The number of benzene rings is 1. The molecule has 17 heavy (non-hydrogen) atoms. The quantitative estimate of drug-likeness (QED) is 0.870. The maximum atomic E-state index is 8.90. The molecule has 0 saturated heterocycles. The Morgan fingerprint density at radius 3 is 2.88 bits per heavy atom. The van der Waals surface area contributed by atoms with Crippen molar-refractivity contribution < 1.29 is 0 Å². The van der Waals surface area contributed by atoms with Crippen LogP contribution in [0, 0.1) is 11.3 Å². The first kappa shape index (κ1) is 11.1. The van der Waals surface area contributed by atoms with Crippen molar-refractivity contribution in [3.63, 3.8) is 0 Å². The highest BCUT2D eigenvalue weighted by Crippen LogP contribution is 2.17. The Kier molecular flexibility index (Phi) is 3.31. The molecule has 0 saturated carbocycles. The van der Waals surface area contributed by atoms with Gasteiger partial charge >= 0.3 is 0 Å². The van der Waals surface area contributed by atoms with E-state index in [1.807, 2.05) is 24.3 Å². The van der Waals surface area contributed by atoms with Crippen molar-refractivity contribution in [2.24, 2.45) is 0 Å². The van der Waals surface area contributed by atoms with Gasteiger partial charge in [0.2, 0.25) is 0 Å². The molecule has 0 atom stereocenters. The lowest BCUT2D eigenvalue weighted by atomic mass is 10.1. The second-order valence-electron chi connectivity index (χ2n) is 3.54. The first-order valence-corrected chi connectivity index (χ1v) is 5.40. The summed E-state index contributed by atoms with van der Waals surface area (Å²) in [5.41, 5.74) is 2.45. The van der Waals surface area contributed by atoms with E-state index in [0.29, 0.717) is 11.5 Å². The van der Waals surface area contributed by atoms with Gasteiger partial charge in [-0.2, -0.15) is 5.26 Å². The monoisotopic (exact) mass is 224 g/mol. The molecule has 0 amide bonds. The number of rotatable bonds is 3. The van der Waals surface area contributed by atoms with Gasteiger partial charge in [-0.05, 0) is 24.1 Å². The fourth-order valence-corrected chi connectivity index (χ4v) is 1.52. The van der Waals surface area contributed by atoms with Crippen molar-refractivity contribution in [2.45, 2.75) is 13.3 Å². The van der Waals surface area contributed by atoms with Crippen molar-refractivity contribution in [1.82, 2.24) is 9.97 Å². The van der Waals surface area contributed by atoms with Crippen LogP contribution in [-0.2, 0) is 6.42 Å². The largest absolute Gasteiger partial charge is 0.338 e. The van der Waals surface area contributed by atoms with E-state index in [1.54, 1.807) is 6.20 Å². The topological polar surface area (TPSA) is 61.6 Å². The van der Waals surface area contributed by atoms with Crippen LogP contribution in [0.15, 0.2) is 36.7 Å². The minimum Gasteiger partial charge on any atom is -0.338 e. The fraction of sp³-hybridized carbons (Fsp3) is 0.154. The first-order chi connectivity index (χ1) is 8.33. The fourth-order valence-electron chi connectivity index (χ4n) is 1.52. The summed E-state index contributed by atoms with van der Waals surface area (Å²) in [6.45, 7) is 2.10. The molecule has 4 nitrogen and oxygen atoms in total. The van der Waals surface area contributed by atoms with E-state index in [9.17, 15) is 0 Å². The number of nitrogens with zero attached hydrogens (tertiary/aromatic N) is 3. The van der Waals surface area contributed by atoms with Gasteiger partial charge in [0.05, 0.1) is 0 Å². The smallest absolute Gasteiger partial charge is 0.183 e. The normalized spacial score (nSPS) is 9.65. The maximum Gasteiger partial charge on any atom is 0.183 e. The van der Waals surface area contributed by atoms with E-state index < -0.39 is 0 Å². The Bertz CT molecular complexity index is 557. The standard InChI is InChI=1S/C13H12N4/c1-2-10-4-3-5-11(8-10)17-13-12(9-14)15-6-7-16-13/h3-8H,2H2,1H3,(H,16,17). The lowest BCUT2D eigenvalue weighted by Gasteiger charge is -2.07. The number of hydrogen-bond acceptors (Lipinski definition) is 4. The second kappa shape index (κ2) is 5.08. The number of hydrogen-bond donors (Lipinski definition) is 1. The highest BCUT2D eigenvalue weighted by Gasteiger charge is 2.04. The molecule has 2 aromatic rings. The van der Waals surface area contributed by atoms with Crippen LogP contribution in [0.5, 0.6) is 0 Å². The van der Waals surface area contributed by atoms with E-state index in [0.717, 1.165) is 12.1 Å². The number of anilines is 2. The van der Waals surface area contributed by atoms with Gasteiger partial charge in [-0.15, -0.1) is 0 Å². The lowest BCUT2D eigenvalue weighted by molar-refractivity contribution is 1.13. The molecule has 0 unspecified atom stereocenters. The van der Waals surface area contributed by atoms with Crippen LogP contribution in [0.2, 0.25) is 0 Å². The van der Waals surface area contributed by atoms with E-state index in [-0.39, 0.29) is 0 Å². The predicted octanol–water partition coefficient (Wildman–Crippen LogP) is 2.65. The highest BCUT2D eigenvalue weighted by atomic mass is 15.0. The molecular formula is C13H12N4. The van der Waals surface area contributed by atoms with Crippen molar-refractivity contribution in [3.05, 3.63) is 47.9 Å². The summed E-state index contributed by atoms with van der Waals surface area (Å²) >= 11 is 0. The second-order valence-corrected chi connectivity index (χ2v) is 3.54. The first-order valence-electron chi connectivity index (χ1n) is 5.40. The zero-order valence-electron chi connectivity index (χ0n) is 9.51. The van der Waals surface area contributed by atoms with Gasteiger partial charge in [-0.1, -0.05) is 19.1 Å². The molecule has 1 heterocycles. The summed E-state index contributed by atoms with van der Waals surface area (Å²) in [4.78, 5) is 8.05. The van der Waals surface area contributed by atoms with E-state index in [2.05, 4.69) is 28.3 Å². The molecule has 1 aromatic heterocycles. The number of nitrogens with one attached hydrogen (secondary N) is 1. The molecular weight excluding hydrogens is 212 g/mol. The molecule has 0 bridgehead atoms. The molecule has 0 fully saturated rings. The van der Waals surface area contributed by atoms with Crippen LogP contribution in [0.1, 0.15) is 18.2 Å². The van der Waals surface area contributed by atoms with Gasteiger partial charge in [-0.25, -0.2) is 9.97 Å². The molecule has 0 spiro atoms. The summed E-state index contributed by atoms with van der Waals surface area (Å²) in [5, 5.41) is 12.0. The van der Waals surface area contributed by atoms with Crippen LogP contribution in [0.4, 0.5) is 11.5 Å². The summed E-state index contributed by atoms with van der Waals surface area (Å²) in [6, 6.07) is 10.0. The van der Waals surface area contributed by atoms with Crippen molar-refractivity contribution in [2.75, 3.05) is 5.32 Å². The van der Waals surface area contributed by atoms with Crippen molar-refractivity contribution in [1.29, 1.82) is 5.26 Å². The van der Waals surface area contributed by atoms with Gasteiger partial charge in [0, 0.05) is 18.1 Å². The third kappa shape index (κ3) is 2.58. The Hall–Kier alpha value is -2.41. The van der Waals surface area contributed by atoms with E-state index in [1.165, 1.54) is 11.8 Å². The molecule has 0 radical (unpaired) electrons. The predicted molar refractivity (Wildman–Crippen MR) is 65.8 cm³/mol. The van der Waals surface area contributed by atoms with E-state index in [4.69, 9.17) is 5.26 Å². The number of aromatic nitrogens is 2. The molecule has 0 aliphatic heterocycles. The third-order valence-corrected chi connectivity index (χ3v) is 2.40. The summed E-state index contributed by atoms with van der Waals surface area (Å²) < 4.78 is 0. The number of aryl methyl sites for hydroxylation is 1. The Labute approximate surface area is 100.0 Å². The van der Waals surface area contributed by atoms with Crippen LogP contribution < -0.4 is 5.32 Å². The maximum absolute atomic E-state index is 8.90. The molecule has 0 aliphatic carbocycles. The molecule has 1 N–H and O–H groups in total. The summed E-state index contributed by atoms with van der Waals surface area (Å²) in [5.74, 6) is 0.489. The molecule has 2 rings (SSSR count). The van der Waals surface area contributed by atoms with Crippen LogP contribution in [-0.4, -0.2) is 9.97 Å². The molecule has 0 aliphatic rings. The zero-order chi connectivity index (χ0) is 12.1. The van der Waals surface area contributed by atoms with Gasteiger partial charge in [0.1, 0.15) is 6.07 Å². The van der Waals surface area contributed by atoms with Crippen molar-refractivity contribution in [3.8, 4) is 6.07 Å². The average molecular weight is 224 g/mol. The Morgan fingerprint density at radius 1 is 1.29 bits per heavy atom. The third-order valence-electron chi connectivity index (χ3n) is 2.40. The lowest BCUT2D eigenvalue weighted by Crippen LogP contribution is -1.98. The average Bonchev–Trinajstić information content (AvgIpc) is 2.39. The van der Waals surface area contributed by atoms with Crippen LogP contribution >= 0.6 is 0 Å². The minimum absolute atomic E-state index is 0.300. The highest BCUT2D eigenvalue weighted by molar-refractivity contribution is 5.60. The van der Waals surface area contributed by atoms with Crippen LogP contribution in [0.25, 0.3) is 0 Å². The van der Waals surface area contributed by atoms with Gasteiger partial charge in [0.25, 0.3) is 0 Å². The molecule has 84 valence electrons. The summed E-state index contributed by atoms with van der Waals surface area (Å²) in [7, 11) is 0. The van der Waals surface area contributed by atoms with Gasteiger partial charge in [0.15, 0.2) is 11.5 Å². The zero-order valence-corrected chi connectivity index (χ0v) is 9.51. The van der Waals surface area contributed by atoms with Crippen LogP contribution in [0.3, 0.4) is 0 Å². The number of nitriles is 1. The van der Waals surface area contributed by atoms with Gasteiger partial charge in [-0.3, -0.25) is 0 Å². The van der Waals surface area contributed by atoms with E-state index >= 15 is 0 Å². The van der Waals surface area contributed by atoms with Crippen molar-refractivity contribution >= 4 is 11.5 Å². The Morgan fingerprint density at radius 2 is 2.12 bits per heavy atom. The molecule has 1 aromatic carbocycles. The molecule has 4 heteroatoms. The Balaban J connectivity index is 2.28. The summed E-state index contributed by atoms with van der Waals surface area (Å²) in [6.07, 6.45) is 4.04. The SMILES string of the molecule is CCc1cccc(Nc2nccnc2C#N)c1. The minimum atomic E-state index is 0.300.